The fourth-order valence-corrected chi connectivity index (χ4v) is 2.84. The molecule has 0 aliphatic heterocycles. The number of hydrogen-bond acceptors (Lipinski definition) is 2. The van der Waals surface area contributed by atoms with Crippen molar-refractivity contribution in [1.29, 1.82) is 0 Å². The zero-order valence-corrected chi connectivity index (χ0v) is 10.4. The first kappa shape index (κ1) is 11.6. The molecule has 0 radical (unpaired) electrons. The summed E-state index contributed by atoms with van der Waals surface area (Å²) in [5.41, 5.74) is 1.31. The van der Waals surface area contributed by atoms with Gasteiger partial charge in [0.25, 0.3) is 0 Å². The Morgan fingerprint density at radius 2 is 2.38 bits per heavy atom. The minimum atomic E-state index is 0.855. The van der Waals surface area contributed by atoms with E-state index in [0.717, 1.165) is 24.9 Å². The summed E-state index contributed by atoms with van der Waals surface area (Å²) in [7, 11) is 1.99. The Kier molecular flexibility index (Phi) is 3.99. The Morgan fingerprint density at radius 1 is 1.50 bits per heavy atom. The Morgan fingerprint density at radius 3 is 3.12 bits per heavy atom. The van der Waals surface area contributed by atoms with Crippen molar-refractivity contribution in [2.45, 2.75) is 45.7 Å². The molecule has 16 heavy (non-hydrogen) atoms. The van der Waals surface area contributed by atoms with E-state index in [1.54, 1.807) is 0 Å². The molecular weight excluding hydrogens is 198 g/mol. The van der Waals surface area contributed by atoms with E-state index >= 15 is 0 Å². The van der Waals surface area contributed by atoms with Crippen LogP contribution in [0.5, 0.6) is 0 Å². The van der Waals surface area contributed by atoms with Gasteiger partial charge in [-0.3, -0.25) is 0 Å². The molecule has 1 heterocycles. The van der Waals surface area contributed by atoms with Gasteiger partial charge in [-0.05, 0) is 31.7 Å². The number of nitrogens with zero attached hydrogens (tertiary/aromatic N) is 2. The summed E-state index contributed by atoms with van der Waals surface area (Å²) >= 11 is 0. The van der Waals surface area contributed by atoms with E-state index in [4.69, 9.17) is 0 Å². The van der Waals surface area contributed by atoms with Crippen molar-refractivity contribution in [2.75, 3.05) is 7.05 Å². The minimum Gasteiger partial charge on any atom is -0.333 e. The third kappa shape index (κ3) is 2.85. The van der Waals surface area contributed by atoms with E-state index in [-0.39, 0.29) is 0 Å². The van der Waals surface area contributed by atoms with Crippen LogP contribution in [0.4, 0.5) is 0 Å². The lowest BCUT2D eigenvalue weighted by atomic mass is 9.82. The average molecular weight is 221 g/mol. The van der Waals surface area contributed by atoms with E-state index in [2.05, 4.69) is 21.8 Å². The number of hydrogen-bond donors (Lipinski definition) is 1. The van der Waals surface area contributed by atoms with E-state index in [1.807, 2.05) is 19.6 Å². The van der Waals surface area contributed by atoms with E-state index in [0.29, 0.717) is 0 Å². The van der Waals surface area contributed by atoms with Crippen molar-refractivity contribution in [3.05, 3.63) is 18.2 Å². The largest absolute Gasteiger partial charge is 0.333 e. The van der Waals surface area contributed by atoms with Gasteiger partial charge in [-0.25, -0.2) is 4.98 Å². The zero-order valence-electron chi connectivity index (χ0n) is 10.4. The highest BCUT2D eigenvalue weighted by Crippen LogP contribution is 2.29. The van der Waals surface area contributed by atoms with E-state index in [9.17, 15) is 0 Å². The second kappa shape index (κ2) is 5.48. The van der Waals surface area contributed by atoms with Crippen LogP contribution in [0.3, 0.4) is 0 Å². The highest BCUT2D eigenvalue weighted by Gasteiger charge is 2.19. The van der Waals surface area contributed by atoms with Crippen LogP contribution < -0.4 is 5.32 Å². The highest BCUT2D eigenvalue weighted by atomic mass is 15.1. The molecule has 3 nitrogen and oxygen atoms in total. The van der Waals surface area contributed by atoms with Crippen LogP contribution in [0.2, 0.25) is 0 Å². The molecule has 0 spiro atoms. The SMILES string of the molecule is CNCc1cncn1CC1CCCC(C)C1. The molecule has 1 aliphatic carbocycles. The summed E-state index contributed by atoms with van der Waals surface area (Å²) in [6.07, 6.45) is 9.55. The molecule has 0 aromatic carbocycles. The first-order valence-corrected chi connectivity index (χ1v) is 6.43. The summed E-state index contributed by atoms with van der Waals surface area (Å²) in [5, 5.41) is 3.20. The molecule has 1 aromatic rings. The van der Waals surface area contributed by atoms with Crippen molar-refractivity contribution in [1.82, 2.24) is 14.9 Å². The maximum atomic E-state index is 4.25. The molecule has 0 bridgehead atoms. The van der Waals surface area contributed by atoms with Crippen LogP contribution in [-0.2, 0) is 13.1 Å². The molecule has 3 heteroatoms. The smallest absolute Gasteiger partial charge is 0.0948 e. The standard InChI is InChI=1S/C13H23N3/c1-11-4-3-5-12(6-11)9-16-10-15-8-13(16)7-14-2/h8,10-12,14H,3-7,9H2,1-2H3. The molecule has 1 saturated carbocycles. The summed E-state index contributed by atoms with van der Waals surface area (Å²) in [6.45, 7) is 4.46. The summed E-state index contributed by atoms with van der Waals surface area (Å²) in [5.74, 6) is 1.77. The molecule has 1 N–H and O–H groups in total. The Hall–Kier alpha value is -0.830. The minimum absolute atomic E-state index is 0.855. The molecule has 2 rings (SSSR count). The van der Waals surface area contributed by atoms with Crippen LogP contribution >= 0.6 is 0 Å². The summed E-state index contributed by atoms with van der Waals surface area (Å²) in [4.78, 5) is 4.25. The van der Waals surface area contributed by atoms with E-state index in [1.165, 1.54) is 31.4 Å². The Labute approximate surface area is 98.3 Å². The normalized spacial score (nSPS) is 25.9. The summed E-state index contributed by atoms with van der Waals surface area (Å²) in [6, 6.07) is 0. The van der Waals surface area contributed by atoms with Gasteiger partial charge in [-0.2, -0.15) is 0 Å². The topological polar surface area (TPSA) is 29.9 Å². The number of rotatable bonds is 4. The van der Waals surface area contributed by atoms with Gasteiger partial charge in [0.1, 0.15) is 0 Å². The van der Waals surface area contributed by atoms with Gasteiger partial charge >= 0.3 is 0 Å². The molecule has 1 aliphatic rings. The van der Waals surface area contributed by atoms with Crippen LogP contribution in [0.1, 0.15) is 38.3 Å². The predicted octanol–water partition coefficient (Wildman–Crippen LogP) is 2.43. The van der Waals surface area contributed by atoms with Crippen LogP contribution in [-0.4, -0.2) is 16.6 Å². The number of aromatic nitrogens is 2. The second-order valence-electron chi connectivity index (χ2n) is 5.21. The van der Waals surface area contributed by atoms with Gasteiger partial charge in [0, 0.05) is 19.3 Å². The third-order valence-electron chi connectivity index (χ3n) is 3.66. The van der Waals surface area contributed by atoms with Gasteiger partial charge in [0.15, 0.2) is 0 Å². The molecule has 2 unspecified atom stereocenters. The highest BCUT2D eigenvalue weighted by molar-refractivity contribution is 4.98. The van der Waals surface area contributed by atoms with Crippen molar-refractivity contribution in [3.63, 3.8) is 0 Å². The molecule has 1 aromatic heterocycles. The quantitative estimate of drug-likeness (QED) is 0.846. The molecular formula is C13H23N3. The molecule has 90 valence electrons. The zero-order chi connectivity index (χ0) is 11.4. The van der Waals surface area contributed by atoms with Crippen molar-refractivity contribution in [3.8, 4) is 0 Å². The van der Waals surface area contributed by atoms with E-state index < -0.39 is 0 Å². The maximum Gasteiger partial charge on any atom is 0.0948 e. The predicted molar refractivity (Wildman–Crippen MR) is 66.1 cm³/mol. The van der Waals surface area contributed by atoms with Crippen molar-refractivity contribution < 1.29 is 0 Å². The number of nitrogens with one attached hydrogen (secondary N) is 1. The average Bonchev–Trinajstić information content (AvgIpc) is 2.66. The van der Waals surface area contributed by atoms with Gasteiger partial charge in [0.2, 0.25) is 0 Å². The van der Waals surface area contributed by atoms with Crippen LogP contribution in [0.25, 0.3) is 0 Å². The molecule has 0 saturated heterocycles. The molecule has 0 amide bonds. The summed E-state index contributed by atoms with van der Waals surface area (Å²) < 4.78 is 2.32. The van der Waals surface area contributed by atoms with Crippen molar-refractivity contribution >= 4 is 0 Å². The van der Waals surface area contributed by atoms with Crippen molar-refractivity contribution in [2.24, 2.45) is 11.8 Å². The van der Waals surface area contributed by atoms with Crippen LogP contribution in [0, 0.1) is 11.8 Å². The molecule has 1 fully saturated rings. The van der Waals surface area contributed by atoms with Gasteiger partial charge in [-0.1, -0.05) is 19.8 Å². The monoisotopic (exact) mass is 221 g/mol. The fraction of sp³-hybridized carbons (Fsp3) is 0.769. The van der Waals surface area contributed by atoms with Gasteiger partial charge in [0.05, 0.1) is 12.0 Å². The lowest BCUT2D eigenvalue weighted by Crippen LogP contribution is -2.20. The van der Waals surface area contributed by atoms with Gasteiger partial charge in [-0.15, -0.1) is 0 Å². The third-order valence-corrected chi connectivity index (χ3v) is 3.66. The second-order valence-corrected chi connectivity index (χ2v) is 5.21. The maximum absolute atomic E-state index is 4.25. The van der Waals surface area contributed by atoms with Gasteiger partial charge < -0.3 is 9.88 Å². The fourth-order valence-electron chi connectivity index (χ4n) is 2.84. The first-order valence-electron chi connectivity index (χ1n) is 6.43. The lowest BCUT2D eigenvalue weighted by molar-refractivity contribution is 0.255. The Balaban J connectivity index is 1.94. The lowest BCUT2D eigenvalue weighted by Gasteiger charge is -2.27. The number of imidazole rings is 1. The first-order chi connectivity index (χ1) is 7.79. The van der Waals surface area contributed by atoms with Crippen LogP contribution in [0.15, 0.2) is 12.5 Å². The Bertz CT molecular complexity index is 319. The molecule has 2 atom stereocenters.